The molecule has 0 atom stereocenters. The molecule has 100 valence electrons. The van der Waals surface area contributed by atoms with Gasteiger partial charge in [0.2, 0.25) is 0 Å². The van der Waals surface area contributed by atoms with E-state index >= 15 is 0 Å². The summed E-state index contributed by atoms with van der Waals surface area (Å²) in [6, 6.07) is 9.80. The molecule has 0 aliphatic carbocycles. The molecule has 0 unspecified atom stereocenters. The summed E-state index contributed by atoms with van der Waals surface area (Å²) >= 11 is 0. The molecule has 0 saturated heterocycles. The van der Waals surface area contributed by atoms with E-state index in [1.165, 1.54) is 5.56 Å². The molecule has 0 fully saturated rings. The van der Waals surface area contributed by atoms with Crippen LogP contribution in [0.15, 0.2) is 42.7 Å². The molecule has 0 bridgehead atoms. The summed E-state index contributed by atoms with van der Waals surface area (Å²) in [6.45, 7) is 3.40. The van der Waals surface area contributed by atoms with Crippen LogP contribution in [-0.2, 0) is 6.54 Å². The van der Waals surface area contributed by atoms with Crippen molar-refractivity contribution < 1.29 is 4.74 Å². The van der Waals surface area contributed by atoms with Crippen LogP contribution in [0.1, 0.15) is 12.5 Å². The Labute approximate surface area is 113 Å². The molecule has 2 rings (SSSR count). The van der Waals surface area contributed by atoms with Crippen molar-refractivity contribution in [2.45, 2.75) is 13.5 Å². The Morgan fingerprint density at radius 1 is 1.21 bits per heavy atom. The van der Waals surface area contributed by atoms with Crippen LogP contribution in [0.5, 0.6) is 5.75 Å². The molecule has 0 aliphatic rings. The number of benzene rings is 1. The monoisotopic (exact) mass is 257 g/mol. The fraction of sp³-hybridized carbons (Fsp3) is 0.267. The molecule has 0 saturated carbocycles. The minimum absolute atomic E-state index is 0.636. The van der Waals surface area contributed by atoms with E-state index in [1.807, 2.05) is 44.3 Å². The largest absolute Gasteiger partial charge is 0.494 e. The third-order valence-electron chi connectivity index (χ3n) is 2.83. The SMILES string of the molecule is CCOc1cc(N)cc(N(C)Cc2ccncc2)c1. The van der Waals surface area contributed by atoms with Gasteiger partial charge in [0.25, 0.3) is 0 Å². The standard InChI is InChI=1S/C15H19N3O/c1-3-19-15-9-13(16)8-14(10-15)18(2)11-12-4-6-17-7-5-12/h4-10H,3,11,16H2,1-2H3. The van der Waals surface area contributed by atoms with Gasteiger partial charge in [0.05, 0.1) is 6.61 Å². The minimum atomic E-state index is 0.636. The number of nitrogens with two attached hydrogens (primary N) is 1. The summed E-state index contributed by atoms with van der Waals surface area (Å²) in [5.41, 5.74) is 8.86. The predicted octanol–water partition coefficient (Wildman–Crippen LogP) is 2.70. The van der Waals surface area contributed by atoms with Crippen LogP contribution in [0, 0.1) is 0 Å². The zero-order chi connectivity index (χ0) is 13.7. The number of nitrogens with zero attached hydrogens (tertiary/aromatic N) is 2. The van der Waals surface area contributed by atoms with Gasteiger partial charge in [-0.05, 0) is 30.7 Å². The molecule has 2 N–H and O–H groups in total. The van der Waals surface area contributed by atoms with Crippen molar-refractivity contribution in [2.75, 3.05) is 24.3 Å². The van der Waals surface area contributed by atoms with E-state index in [-0.39, 0.29) is 0 Å². The highest BCUT2D eigenvalue weighted by atomic mass is 16.5. The van der Waals surface area contributed by atoms with Crippen molar-refractivity contribution >= 4 is 11.4 Å². The highest BCUT2D eigenvalue weighted by molar-refractivity contribution is 5.60. The van der Waals surface area contributed by atoms with Crippen LogP contribution in [0.2, 0.25) is 0 Å². The van der Waals surface area contributed by atoms with Crippen LogP contribution in [0.25, 0.3) is 0 Å². The van der Waals surface area contributed by atoms with E-state index in [2.05, 4.69) is 9.88 Å². The quantitative estimate of drug-likeness (QED) is 0.837. The maximum atomic E-state index is 5.90. The highest BCUT2D eigenvalue weighted by Gasteiger charge is 2.05. The van der Waals surface area contributed by atoms with Crippen molar-refractivity contribution in [3.8, 4) is 5.75 Å². The Morgan fingerprint density at radius 2 is 1.95 bits per heavy atom. The van der Waals surface area contributed by atoms with Gasteiger partial charge in [0, 0.05) is 49.5 Å². The summed E-state index contributed by atoms with van der Waals surface area (Å²) in [4.78, 5) is 6.15. The van der Waals surface area contributed by atoms with Crippen LogP contribution in [0.3, 0.4) is 0 Å². The summed E-state index contributed by atoms with van der Waals surface area (Å²) < 4.78 is 5.51. The highest BCUT2D eigenvalue weighted by Crippen LogP contribution is 2.25. The molecule has 19 heavy (non-hydrogen) atoms. The number of rotatable bonds is 5. The van der Waals surface area contributed by atoms with Crippen LogP contribution < -0.4 is 15.4 Å². The summed E-state index contributed by atoms with van der Waals surface area (Å²) in [5.74, 6) is 0.805. The van der Waals surface area contributed by atoms with Crippen molar-refractivity contribution in [3.05, 3.63) is 48.3 Å². The van der Waals surface area contributed by atoms with Crippen molar-refractivity contribution in [2.24, 2.45) is 0 Å². The first-order chi connectivity index (χ1) is 9.19. The van der Waals surface area contributed by atoms with E-state index < -0.39 is 0 Å². The Morgan fingerprint density at radius 3 is 2.63 bits per heavy atom. The lowest BCUT2D eigenvalue weighted by Gasteiger charge is -2.20. The number of hydrogen-bond acceptors (Lipinski definition) is 4. The van der Waals surface area contributed by atoms with Gasteiger partial charge < -0.3 is 15.4 Å². The molecule has 2 aromatic rings. The Bertz CT molecular complexity index is 528. The number of aromatic nitrogens is 1. The van der Waals surface area contributed by atoms with Crippen LogP contribution in [0.4, 0.5) is 11.4 Å². The van der Waals surface area contributed by atoms with E-state index in [0.717, 1.165) is 18.0 Å². The maximum Gasteiger partial charge on any atom is 0.123 e. The lowest BCUT2D eigenvalue weighted by molar-refractivity contribution is 0.340. The van der Waals surface area contributed by atoms with Gasteiger partial charge in [0.15, 0.2) is 0 Å². The van der Waals surface area contributed by atoms with Gasteiger partial charge in [0.1, 0.15) is 5.75 Å². The molecule has 1 aromatic carbocycles. The number of anilines is 2. The maximum absolute atomic E-state index is 5.90. The van der Waals surface area contributed by atoms with Gasteiger partial charge in [-0.1, -0.05) is 0 Å². The lowest BCUT2D eigenvalue weighted by atomic mass is 10.2. The molecular formula is C15H19N3O. The third-order valence-corrected chi connectivity index (χ3v) is 2.83. The van der Waals surface area contributed by atoms with Crippen LogP contribution in [-0.4, -0.2) is 18.6 Å². The lowest BCUT2D eigenvalue weighted by Crippen LogP contribution is -2.16. The van der Waals surface area contributed by atoms with E-state index in [0.29, 0.717) is 12.3 Å². The molecule has 4 heteroatoms. The second-order valence-electron chi connectivity index (χ2n) is 4.40. The average Bonchev–Trinajstić information content (AvgIpc) is 2.39. The molecular weight excluding hydrogens is 238 g/mol. The first kappa shape index (κ1) is 13.2. The Kier molecular flexibility index (Phi) is 4.23. The van der Waals surface area contributed by atoms with Gasteiger partial charge in [-0.25, -0.2) is 0 Å². The van der Waals surface area contributed by atoms with E-state index in [4.69, 9.17) is 10.5 Å². The number of ether oxygens (including phenoxy) is 1. The minimum Gasteiger partial charge on any atom is -0.494 e. The van der Waals surface area contributed by atoms with Gasteiger partial charge in [-0.15, -0.1) is 0 Å². The summed E-state index contributed by atoms with van der Waals surface area (Å²) in [5, 5.41) is 0. The topological polar surface area (TPSA) is 51.4 Å². The zero-order valence-corrected chi connectivity index (χ0v) is 11.3. The molecule has 0 radical (unpaired) electrons. The first-order valence-corrected chi connectivity index (χ1v) is 6.32. The molecule has 0 spiro atoms. The predicted molar refractivity (Wildman–Crippen MR) is 78.4 cm³/mol. The first-order valence-electron chi connectivity index (χ1n) is 6.32. The second-order valence-corrected chi connectivity index (χ2v) is 4.40. The smallest absolute Gasteiger partial charge is 0.123 e. The Balaban J connectivity index is 2.16. The zero-order valence-electron chi connectivity index (χ0n) is 11.3. The van der Waals surface area contributed by atoms with Gasteiger partial charge in [-0.3, -0.25) is 4.98 Å². The second kappa shape index (κ2) is 6.09. The normalized spacial score (nSPS) is 10.2. The third kappa shape index (κ3) is 3.61. The fourth-order valence-corrected chi connectivity index (χ4v) is 1.93. The van der Waals surface area contributed by atoms with Crippen molar-refractivity contribution in [1.29, 1.82) is 0 Å². The molecule has 1 aromatic heterocycles. The average molecular weight is 257 g/mol. The van der Waals surface area contributed by atoms with Crippen molar-refractivity contribution in [3.63, 3.8) is 0 Å². The summed E-state index contributed by atoms with van der Waals surface area (Å²) in [6.07, 6.45) is 3.60. The van der Waals surface area contributed by atoms with Crippen LogP contribution >= 0.6 is 0 Å². The number of hydrogen-bond donors (Lipinski definition) is 1. The summed E-state index contributed by atoms with van der Waals surface area (Å²) in [7, 11) is 2.03. The van der Waals surface area contributed by atoms with E-state index in [9.17, 15) is 0 Å². The van der Waals surface area contributed by atoms with Gasteiger partial charge >= 0.3 is 0 Å². The molecule has 4 nitrogen and oxygen atoms in total. The molecule has 0 aliphatic heterocycles. The molecule has 1 heterocycles. The number of nitrogen functional groups attached to an aromatic ring is 1. The van der Waals surface area contributed by atoms with E-state index in [1.54, 1.807) is 12.4 Å². The molecule has 0 amide bonds. The Hall–Kier alpha value is -2.23. The van der Waals surface area contributed by atoms with Crippen molar-refractivity contribution in [1.82, 2.24) is 4.98 Å². The number of pyridine rings is 1. The fourth-order valence-electron chi connectivity index (χ4n) is 1.93. The van der Waals surface area contributed by atoms with Gasteiger partial charge in [-0.2, -0.15) is 0 Å².